The molecule has 0 spiro atoms. The summed E-state index contributed by atoms with van der Waals surface area (Å²) >= 11 is 5.51. The molecule has 0 saturated heterocycles. The number of carbonyl (C=O) groups is 1. The van der Waals surface area contributed by atoms with Crippen molar-refractivity contribution >= 4 is 23.2 Å². The van der Waals surface area contributed by atoms with Crippen LogP contribution in [0, 0.1) is 25.2 Å². The molecule has 0 atom stereocenters. The summed E-state index contributed by atoms with van der Waals surface area (Å²) in [5.41, 5.74) is -1.33. The number of nitrogens with one attached hydrogen (secondary N) is 1. The standard InChI is InChI=1S/C16H12ClF3N4O2/c1-8-9(2)23-24(15(26)11(8)6-21)7-14(25)22-10-3-4-13(17)12(5-10)16(18,19)20/h3-5H,7H2,1-2H3,(H,22,25). The lowest BCUT2D eigenvalue weighted by atomic mass is 10.1. The number of hydrogen-bond acceptors (Lipinski definition) is 4. The lowest BCUT2D eigenvalue weighted by Gasteiger charge is -2.12. The molecule has 1 N–H and O–H groups in total. The summed E-state index contributed by atoms with van der Waals surface area (Å²) in [4.78, 5) is 24.2. The third-order valence-electron chi connectivity index (χ3n) is 3.60. The minimum Gasteiger partial charge on any atom is -0.324 e. The fourth-order valence-corrected chi connectivity index (χ4v) is 2.39. The van der Waals surface area contributed by atoms with Crippen molar-refractivity contribution in [3.63, 3.8) is 0 Å². The summed E-state index contributed by atoms with van der Waals surface area (Å²) in [6, 6.07) is 4.65. The summed E-state index contributed by atoms with van der Waals surface area (Å²) < 4.78 is 39.3. The second kappa shape index (κ2) is 7.17. The van der Waals surface area contributed by atoms with E-state index < -0.39 is 34.8 Å². The number of nitriles is 1. The number of alkyl halides is 3. The van der Waals surface area contributed by atoms with Gasteiger partial charge in [0.05, 0.1) is 16.3 Å². The fraction of sp³-hybridized carbons (Fsp3) is 0.250. The van der Waals surface area contributed by atoms with E-state index in [-0.39, 0.29) is 11.3 Å². The second-order valence-corrected chi connectivity index (χ2v) is 5.81. The first kappa shape index (κ1) is 19.5. The van der Waals surface area contributed by atoms with Crippen LogP contribution in [0.1, 0.15) is 22.4 Å². The minimum absolute atomic E-state index is 0.135. The Balaban J connectivity index is 2.27. The summed E-state index contributed by atoms with van der Waals surface area (Å²) in [5, 5.41) is 14.7. The fourth-order valence-electron chi connectivity index (χ4n) is 2.17. The van der Waals surface area contributed by atoms with Crippen LogP contribution in [0.3, 0.4) is 0 Å². The van der Waals surface area contributed by atoms with Crippen molar-refractivity contribution in [2.24, 2.45) is 0 Å². The molecule has 0 aliphatic rings. The molecule has 136 valence electrons. The molecule has 6 nitrogen and oxygen atoms in total. The molecule has 1 aromatic heterocycles. The number of amides is 1. The van der Waals surface area contributed by atoms with Gasteiger partial charge in [-0.05, 0) is 37.6 Å². The number of hydrogen-bond donors (Lipinski definition) is 1. The average molecular weight is 385 g/mol. The van der Waals surface area contributed by atoms with Crippen LogP contribution in [-0.4, -0.2) is 15.7 Å². The van der Waals surface area contributed by atoms with E-state index in [0.29, 0.717) is 17.3 Å². The van der Waals surface area contributed by atoms with Gasteiger partial charge in [-0.25, -0.2) is 4.68 Å². The van der Waals surface area contributed by atoms with Crippen molar-refractivity contribution in [3.8, 4) is 6.07 Å². The SMILES string of the molecule is Cc1nn(CC(=O)Nc2ccc(Cl)c(C(F)(F)F)c2)c(=O)c(C#N)c1C. The number of aryl methyl sites for hydroxylation is 1. The topological polar surface area (TPSA) is 87.8 Å². The number of halogens is 4. The predicted octanol–water partition coefficient (Wildman–Crippen LogP) is 3.04. The highest BCUT2D eigenvalue weighted by Gasteiger charge is 2.33. The van der Waals surface area contributed by atoms with E-state index >= 15 is 0 Å². The number of carbonyl (C=O) groups excluding carboxylic acids is 1. The number of aromatic nitrogens is 2. The summed E-state index contributed by atoms with van der Waals surface area (Å²) in [5.74, 6) is -0.776. The van der Waals surface area contributed by atoms with Gasteiger partial charge in [-0.2, -0.15) is 23.5 Å². The molecule has 1 amide bonds. The Labute approximate surface area is 150 Å². The largest absolute Gasteiger partial charge is 0.417 e. The highest BCUT2D eigenvalue weighted by Crippen LogP contribution is 2.36. The van der Waals surface area contributed by atoms with E-state index in [1.807, 2.05) is 0 Å². The van der Waals surface area contributed by atoms with Gasteiger partial charge in [0, 0.05) is 5.69 Å². The zero-order valence-electron chi connectivity index (χ0n) is 13.6. The van der Waals surface area contributed by atoms with E-state index in [2.05, 4.69) is 10.4 Å². The maximum Gasteiger partial charge on any atom is 0.417 e. The molecule has 0 aliphatic carbocycles. The van der Waals surface area contributed by atoms with Crippen molar-refractivity contribution in [1.82, 2.24) is 9.78 Å². The summed E-state index contributed by atoms with van der Waals surface area (Å²) in [6.07, 6.45) is -4.67. The summed E-state index contributed by atoms with van der Waals surface area (Å²) in [6.45, 7) is 2.57. The second-order valence-electron chi connectivity index (χ2n) is 5.40. The van der Waals surface area contributed by atoms with Crippen LogP contribution in [0.15, 0.2) is 23.0 Å². The Morgan fingerprint density at radius 3 is 2.62 bits per heavy atom. The Hall–Kier alpha value is -2.86. The first-order chi connectivity index (χ1) is 12.0. The van der Waals surface area contributed by atoms with Gasteiger partial charge in [-0.3, -0.25) is 9.59 Å². The molecule has 26 heavy (non-hydrogen) atoms. The van der Waals surface area contributed by atoms with Crippen molar-refractivity contribution in [2.45, 2.75) is 26.6 Å². The average Bonchev–Trinajstić information content (AvgIpc) is 2.54. The number of nitrogens with zero attached hydrogens (tertiary/aromatic N) is 3. The zero-order chi connectivity index (χ0) is 19.6. The van der Waals surface area contributed by atoms with Gasteiger partial charge in [0.25, 0.3) is 5.56 Å². The smallest absolute Gasteiger partial charge is 0.324 e. The van der Waals surface area contributed by atoms with Crippen LogP contribution in [-0.2, 0) is 17.5 Å². The highest BCUT2D eigenvalue weighted by atomic mass is 35.5. The lowest BCUT2D eigenvalue weighted by Crippen LogP contribution is -2.32. The number of rotatable bonds is 3. The molecule has 2 rings (SSSR count). The van der Waals surface area contributed by atoms with Crippen LogP contribution in [0.25, 0.3) is 0 Å². The molecule has 0 unspecified atom stereocenters. The zero-order valence-corrected chi connectivity index (χ0v) is 14.4. The van der Waals surface area contributed by atoms with E-state index in [0.717, 1.165) is 10.7 Å². The monoisotopic (exact) mass is 384 g/mol. The van der Waals surface area contributed by atoms with Crippen LogP contribution >= 0.6 is 11.6 Å². The van der Waals surface area contributed by atoms with Crippen molar-refractivity contribution in [2.75, 3.05) is 5.32 Å². The molecular formula is C16H12ClF3N4O2. The predicted molar refractivity (Wildman–Crippen MR) is 87.8 cm³/mol. The van der Waals surface area contributed by atoms with Crippen LogP contribution in [0.5, 0.6) is 0 Å². The quantitative estimate of drug-likeness (QED) is 0.881. The van der Waals surface area contributed by atoms with Crippen molar-refractivity contribution in [1.29, 1.82) is 5.26 Å². The van der Waals surface area contributed by atoms with Gasteiger partial charge in [-0.1, -0.05) is 11.6 Å². The van der Waals surface area contributed by atoms with Gasteiger partial charge < -0.3 is 5.32 Å². The molecule has 0 bridgehead atoms. The molecule has 1 aromatic carbocycles. The van der Waals surface area contributed by atoms with Gasteiger partial charge in [0.15, 0.2) is 0 Å². The number of anilines is 1. The lowest BCUT2D eigenvalue weighted by molar-refractivity contribution is -0.137. The van der Waals surface area contributed by atoms with Crippen molar-refractivity contribution < 1.29 is 18.0 Å². The molecule has 0 fully saturated rings. The Morgan fingerprint density at radius 1 is 1.38 bits per heavy atom. The van der Waals surface area contributed by atoms with Crippen LogP contribution in [0.2, 0.25) is 5.02 Å². The molecule has 1 heterocycles. The number of benzene rings is 1. The van der Waals surface area contributed by atoms with Crippen LogP contribution < -0.4 is 10.9 Å². The minimum atomic E-state index is -4.67. The normalized spacial score (nSPS) is 11.1. The Kier molecular flexibility index (Phi) is 5.37. The van der Waals surface area contributed by atoms with E-state index in [1.54, 1.807) is 19.9 Å². The van der Waals surface area contributed by atoms with Gasteiger partial charge in [0.2, 0.25) is 5.91 Å². The molecule has 2 aromatic rings. The molecule has 0 aliphatic heterocycles. The van der Waals surface area contributed by atoms with E-state index in [9.17, 15) is 22.8 Å². The molecule has 10 heteroatoms. The Morgan fingerprint density at radius 2 is 2.04 bits per heavy atom. The third kappa shape index (κ3) is 4.03. The van der Waals surface area contributed by atoms with E-state index in [1.165, 1.54) is 6.07 Å². The third-order valence-corrected chi connectivity index (χ3v) is 3.93. The van der Waals surface area contributed by atoms with E-state index in [4.69, 9.17) is 16.9 Å². The first-order valence-electron chi connectivity index (χ1n) is 7.19. The Bertz CT molecular complexity index is 977. The molecular weight excluding hydrogens is 373 g/mol. The van der Waals surface area contributed by atoms with Gasteiger partial charge >= 0.3 is 6.18 Å². The highest BCUT2D eigenvalue weighted by molar-refractivity contribution is 6.31. The maximum absolute atomic E-state index is 12.8. The van der Waals surface area contributed by atoms with Gasteiger partial charge in [-0.15, -0.1) is 0 Å². The summed E-state index contributed by atoms with van der Waals surface area (Å²) in [7, 11) is 0. The molecule has 0 radical (unpaired) electrons. The van der Waals surface area contributed by atoms with Crippen molar-refractivity contribution in [3.05, 3.63) is 56.0 Å². The maximum atomic E-state index is 12.8. The molecule has 0 saturated carbocycles. The van der Waals surface area contributed by atoms with Crippen LogP contribution in [0.4, 0.5) is 18.9 Å². The first-order valence-corrected chi connectivity index (χ1v) is 7.57. The van der Waals surface area contributed by atoms with Gasteiger partial charge in [0.1, 0.15) is 18.2 Å².